The zero-order valence-electron chi connectivity index (χ0n) is 19.0. The average molecular weight is 481 g/mol. The number of sulfonamides is 1. The van der Waals surface area contributed by atoms with Gasteiger partial charge in [-0.25, -0.2) is 26.8 Å². The number of methoxy groups -OCH3 is 1. The van der Waals surface area contributed by atoms with Crippen molar-refractivity contribution in [2.75, 3.05) is 17.6 Å². The Hall–Kier alpha value is -2.66. The molecule has 174 valence electrons. The van der Waals surface area contributed by atoms with Crippen molar-refractivity contribution in [3.05, 3.63) is 36.2 Å². The van der Waals surface area contributed by atoms with Gasteiger partial charge in [0.25, 0.3) is 0 Å². The summed E-state index contributed by atoms with van der Waals surface area (Å²) in [6.07, 6.45) is 3.51. The van der Waals surface area contributed by atoms with E-state index in [2.05, 4.69) is 14.7 Å². The van der Waals surface area contributed by atoms with Crippen LogP contribution in [0.2, 0.25) is 0 Å². The number of fused-ring (bicyclic) bond motifs is 1. The fraction of sp³-hybridized carbons (Fsp3) is 0.429. The van der Waals surface area contributed by atoms with Crippen molar-refractivity contribution in [2.45, 2.75) is 50.7 Å². The summed E-state index contributed by atoms with van der Waals surface area (Å²) in [5.41, 5.74) is 2.10. The number of nitrogens with zero attached hydrogens (tertiary/aromatic N) is 3. The van der Waals surface area contributed by atoms with E-state index in [-0.39, 0.29) is 22.2 Å². The van der Waals surface area contributed by atoms with Crippen LogP contribution in [-0.2, 0) is 19.9 Å². The lowest BCUT2D eigenvalue weighted by Gasteiger charge is -2.21. The molecule has 1 N–H and O–H groups in total. The number of pyridine rings is 2. The standard InChI is InChI=1S/C21H28N4O5S2/c1-7-10-31(26,27)24-20-14(2)8-9-15(23-20)16-12-22-19-11-17(30-6)18(13-25(16)19)32(28,29)21(3,4)5/h8-9,11-13H,7,10H2,1-6H3,(H,23,24). The van der Waals surface area contributed by atoms with Gasteiger partial charge in [0.15, 0.2) is 9.84 Å². The van der Waals surface area contributed by atoms with Crippen LogP contribution in [0.5, 0.6) is 5.75 Å². The Labute approximate surface area is 188 Å². The van der Waals surface area contributed by atoms with Gasteiger partial charge < -0.3 is 4.74 Å². The third kappa shape index (κ3) is 4.44. The number of ether oxygens (including phenoxy) is 1. The second-order valence-electron chi connectivity index (χ2n) is 8.48. The lowest BCUT2D eigenvalue weighted by Crippen LogP contribution is -2.28. The number of rotatable bonds is 7. The molecule has 0 amide bonds. The highest BCUT2D eigenvalue weighted by atomic mass is 32.2. The molecule has 0 saturated heterocycles. The second kappa shape index (κ2) is 8.36. The summed E-state index contributed by atoms with van der Waals surface area (Å²) >= 11 is 0. The van der Waals surface area contributed by atoms with Gasteiger partial charge in [0.1, 0.15) is 22.1 Å². The van der Waals surface area contributed by atoms with Crippen molar-refractivity contribution in [2.24, 2.45) is 0 Å². The van der Waals surface area contributed by atoms with E-state index in [9.17, 15) is 16.8 Å². The number of anilines is 1. The summed E-state index contributed by atoms with van der Waals surface area (Å²) in [5.74, 6) is 0.415. The van der Waals surface area contributed by atoms with Crippen LogP contribution in [0.4, 0.5) is 5.82 Å². The summed E-state index contributed by atoms with van der Waals surface area (Å²) in [5, 5.41) is 0. The molecule has 3 rings (SSSR count). The smallest absolute Gasteiger partial charge is 0.233 e. The van der Waals surface area contributed by atoms with Crippen LogP contribution in [0.25, 0.3) is 17.0 Å². The largest absolute Gasteiger partial charge is 0.495 e. The summed E-state index contributed by atoms with van der Waals surface area (Å²) in [4.78, 5) is 8.88. The lowest BCUT2D eigenvalue weighted by atomic mass is 10.2. The number of hydrogen-bond donors (Lipinski definition) is 1. The van der Waals surface area contributed by atoms with Gasteiger partial charge in [-0.3, -0.25) is 9.12 Å². The van der Waals surface area contributed by atoms with E-state index in [1.165, 1.54) is 13.3 Å². The number of nitrogens with one attached hydrogen (secondary N) is 1. The van der Waals surface area contributed by atoms with Gasteiger partial charge in [0.05, 0.1) is 35.2 Å². The van der Waals surface area contributed by atoms with E-state index in [1.54, 1.807) is 63.4 Å². The normalized spacial score (nSPS) is 12.8. The summed E-state index contributed by atoms with van der Waals surface area (Å²) in [7, 11) is -5.83. The molecule has 0 aliphatic carbocycles. The number of hydrogen-bond acceptors (Lipinski definition) is 7. The first-order valence-corrected chi connectivity index (χ1v) is 13.2. The Bertz CT molecular complexity index is 1370. The third-order valence-corrected chi connectivity index (χ3v) is 8.92. The van der Waals surface area contributed by atoms with Gasteiger partial charge >= 0.3 is 0 Å². The Morgan fingerprint density at radius 2 is 1.84 bits per heavy atom. The lowest BCUT2D eigenvalue weighted by molar-refractivity contribution is 0.401. The maximum Gasteiger partial charge on any atom is 0.233 e. The van der Waals surface area contributed by atoms with Crippen molar-refractivity contribution in [1.82, 2.24) is 14.4 Å². The van der Waals surface area contributed by atoms with Crippen molar-refractivity contribution in [3.8, 4) is 17.1 Å². The molecule has 0 saturated carbocycles. The maximum absolute atomic E-state index is 13.2. The number of imidazole rings is 1. The first-order chi connectivity index (χ1) is 14.8. The topological polar surface area (TPSA) is 120 Å². The number of aryl methyl sites for hydroxylation is 1. The molecule has 3 aromatic rings. The molecule has 0 unspecified atom stereocenters. The second-order valence-corrected chi connectivity index (χ2v) is 13.0. The molecule has 0 spiro atoms. The summed E-state index contributed by atoms with van der Waals surface area (Å²) in [6, 6.07) is 5.04. The Morgan fingerprint density at radius 3 is 2.44 bits per heavy atom. The summed E-state index contributed by atoms with van der Waals surface area (Å²) in [6.45, 7) is 8.41. The van der Waals surface area contributed by atoms with Gasteiger partial charge in [0, 0.05) is 12.3 Å². The van der Waals surface area contributed by atoms with Crippen molar-refractivity contribution in [1.29, 1.82) is 0 Å². The van der Waals surface area contributed by atoms with Crippen LogP contribution in [0, 0.1) is 6.92 Å². The highest BCUT2D eigenvalue weighted by Gasteiger charge is 2.34. The van der Waals surface area contributed by atoms with Crippen molar-refractivity contribution >= 4 is 31.3 Å². The van der Waals surface area contributed by atoms with Gasteiger partial charge in [0.2, 0.25) is 10.0 Å². The predicted molar refractivity (Wildman–Crippen MR) is 124 cm³/mol. The molecule has 9 nitrogen and oxygen atoms in total. The van der Waals surface area contributed by atoms with Crippen LogP contribution in [-0.4, -0.2) is 48.8 Å². The molecule has 3 heterocycles. The zero-order valence-corrected chi connectivity index (χ0v) is 20.6. The van der Waals surface area contributed by atoms with Crippen molar-refractivity contribution in [3.63, 3.8) is 0 Å². The molecule has 32 heavy (non-hydrogen) atoms. The first-order valence-electron chi connectivity index (χ1n) is 10.1. The highest BCUT2D eigenvalue weighted by molar-refractivity contribution is 7.93. The Kier molecular flexibility index (Phi) is 6.27. The number of sulfone groups is 1. The van der Waals surface area contributed by atoms with Gasteiger partial charge in [-0.05, 0) is 45.7 Å². The molecule has 3 aromatic heterocycles. The van der Waals surface area contributed by atoms with E-state index in [0.717, 1.165) is 0 Å². The molecule has 0 fully saturated rings. The van der Waals surface area contributed by atoms with E-state index < -0.39 is 24.6 Å². The zero-order chi connectivity index (χ0) is 23.9. The van der Waals surface area contributed by atoms with Crippen LogP contribution in [0.3, 0.4) is 0 Å². The molecule has 0 radical (unpaired) electrons. The van der Waals surface area contributed by atoms with E-state index >= 15 is 0 Å². The van der Waals surface area contributed by atoms with Gasteiger partial charge in [-0.1, -0.05) is 13.0 Å². The highest BCUT2D eigenvalue weighted by Crippen LogP contribution is 2.34. The SMILES string of the molecule is CCCS(=O)(=O)Nc1nc(-c2cnc3cc(OC)c(S(=O)(=O)C(C)(C)C)cn23)ccc1C. The maximum atomic E-state index is 13.2. The van der Waals surface area contributed by atoms with Crippen molar-refractivity contribution < 1.29 is 21.6 Å². The fourth-order valence-electron chi connectivity index (χ4n) is 3.11. The Balaban J connectivity index is 2.19. The molecule has 0 atom stereocenters. The molecule has 0 aromatic carbocycles. The van der Waals surface area contributed by atoms with E-state index in [1.807, 2.05) is 0 Å². The quantitative estimate of drug-likeness (QED) is 0.550. The third-order valence-electron chi connectivity index (χ3n) is 4.97. The molecule has 11 heteroatoms. The van der Waals surface area contributed by atoms with Crippen LogP contribution < -0.4 is 9.46 Å². The van der Waals surface area contributed by atoms with E-state index in [4.69, 9.17) is 4.74 Å². The Morgan fingerprint density at radius 1 is 1.16 bits per heavy atom. The minimum Gasteiger partial charge on any atom is -0.495 e. The number of aromatic nitrogens is 3. The monoisotopic (exact) mass is 480 g/mol. The molecule has 0 aliphatic heterocycles. The predicted octanol–water partition coefficient (Wildman–Crippen LogP) is 3.44. The van der Waals surface area contributed by atoms with Gasteiger partial charge in [-0.2, -0.15) is 0 Å². The summed E-state index contributed by atoms with van der Waals surface area (Å²) < 4.78 is 59.2. The van der Waals surface area contributed by atoms with Crippen LogP contribution >= 0.6 is 0 Å². The van der Waals surface area contributed by atoms with Crippen LogP contribution in [0.1, 0.15) is 39.7 Å². The molecule has 0 bridgehead atoms. The fourth-order valence-corrected chi connectivity index (χ4v) is 5.56. The minimum absolute atomic E-state index is 0.0121. The first kappa shape index (κ1) is 24.0. The van der Waals surface area contributed by atoms with Crippen LogP contribution in [0.15, 0.2) is 35.5 Å². The van der Waals surface area contributed by atoms with E-state index in [0.29, 0.717) is 29.0 Å². The minimum atomic E-state index is -3.72. The molecular formula is C21H28N4O5S2. The molecule has 0 aliphatic rings. The average Bonchev–Trinajstić information content (AvgIpc) is 3.10. The van der Waals surface area contributed by atoms with Gasteiger partial charge in [-0.15, -0.1) is 0 Å². The molecular weight excluding hydrogens is 452 g/mol.